The summed E-state index contributed by atoms with van der Waals surface area (Å²) in [5, 5.41) is 10.8. The van der Waals surface area contributed by atoms with Crippen LogP contribution in [0, 0.1) is 10.1 Å². The molecule has 7 nitrogen and oxygen atoms in total. The molecule has 2 aromatic carbocycles. The maximum atomic E-state index is 12.5. The minimum atomic E-state index is -3.96. The zero-order valence-electron chi connectivity index (χ0n) is 12.6. The zero-order valence-corrected chi connectivity index (χ0v) is 13.5. The molecular weight excluding hydrogens is 320 g/mol. The lowest BCUT2D eigenvalue weighted by atomic mass is 10.1. The average molecular weight is 336 g/mol. The van der Waals surface area contributed by atoms with Crippen LogP contribution in [-0.4, -0.2) is 20.5 Å². The van der Waals surface area contributed by atoms with Crippen LogP contribution in [0.2, 0.25) is 0 Å². The number of nitrogens with one attached hydrogen (secondary N) is 1. The average Bonchev–Trinajstić information content (AvgIpc) is 2.54. The van der Waals surface area contributed by atoms with E-state index in [0.717, 1.165) is 18.1 Å². The fourth-order valence-corrected chi connectivity index (χ4v) is 3.12. The number of rotatable bonds is 6. The molecule has 0 aliphatic heterocycles. The summed E-state index contributed by atoms with van der Waals surface area (Å²) in [6.07, 6.45) is 0.732. The fourth-order valence-electron chi connectivity index (χ4n) is 2.02. The second kappa shape index (κ2) is 6.66. The third-order valence-electron chi connectivity index (χ3n) is 3.26. The number of anilines is 1. The highest BCUT2D eigenvalue weighted by atomic mass is 32.2. The molecule has 0 amide bonds. The topological polar surface area (TPSA) is 98.5 Å². The first kappa shape index (κ1) is 16.8. The lowest BCUT2D eigenvalue weighted by molar-refractivity contribution is -0.385. The highest BCUT2D eigenvalue weighted by Crippen LogP contribution is 2.29. The maximum absolute atomic E-state index is 12.5. The van der Waals surface area contributed by atoms with Gasteiger partial charge in [-0.1, -0.05) is 19.1 Å². The summed E-state index contributed by atoms with van der Waals surface area (Å²) >= 11 is 0. The third kappa shape index (κ3) is 3.78. The van der Waals surface area contributed by atoms with Gasteiger partial charge in [0.05, 0.1) is 22.6 Å². The third-order valence-corrected chi connectivity index (χ3v) is 4.62. The summed E-state index contributed by atoms with van der Waals surface area (Å²) in [6, 6.07) is 10.1. The summed E-state index contributed by atoms with van der Waals surface area (Å²) in [7, 11) is -2.52. The minimum Gasteiger partial charge on any atom is -0.495 e. The second-order valence-electron chi connectivity index (χ2n) is 4.75. The van der Waals surface area contributed by atoms with E-state index in [4.69, 9.17) is 4.74 Å². The number of benzene rings is 2. The van der Waals surface area contributed by atoms with Gasteiger partial charge in [-0.2, -0.15) is 0 Å². The SMILES string of the molecule is CCc1ccc(OC)c(NS(=O)(=O)c2cccc([N+](=O)[O-])c2)c1. The molecule has 0 radical (unpaired) electrons. The molecule has 23 heavy (non-hydrogen) atoms. The quantitative estimate of drug-likeness (QED) is 0.646. The molecule has 0 aliphatic carbocycles. The summed E-state index contributed by atoms with van der Waals surface area (Å²) in [5.41, 5.74) is 0.933. The number of hydrogen-bond donors (Lipinski definition) is 1. The molecule has 2 aromatic rings. The monoisotopic (exact) mass is 336 g/mol. The van der Waals surface area contributed by atoms with Gasteiger partial charge >= 0.3 is 0 Å². The summed E-state index contributed by atoms with van der Waals surface area (Å²) in [4.78, 5) is 9.97. The number of aryl methyl sites for hydroxylation is 1. The summed E-state index contributed by atoms with van der Waals surface area (Å²) in [5.74, 6) is 0.371. The highest BCUT2D eigenvalue weighted by Gasteiger charge is 2.19. The smallest absolute Gasteiger partial charge is 0.270 e. The van der Waals surface area contributed by atoms with Crippen molar-refractivity contribution in [2.24, 2.45) is 0 Å². The molecule has 0 unspecified atom stereocenters. The largest absolute Gasteiger partial charge is 0.495 e. The summed E-state index contributed by atoms with van der Waals surface area (Å²) in [6.45, 7) is 1.95. The Balaban J connectivity index is 2.42. The second-order valence-corrected chi connectivity index (χ2v) is 6.43. The Kier molecular flexibility index (Phi) is 4.85. The number of sulfonamides is 1. The van der Waals surface area contributed by atoms with Crippen molar-refractivity contribution in [3.05, 3.63) is 58.1 Å². The maximum Gasteiger partial charge on any atom is 0.270 e. The van der Waals surface area contributed by atoms with Crippen LogP contribution in [0.1, 0.15) is 12.5 Å². The van der Waals surface area contributed by atoms with Crippen LogP contribution in [0.15, 0.2) is 47.4 Å². The van der Waals surface area contributed by atoms with Crippen molar-refractivity contribution in [1.29, 1.82) is 0 Å². The van der Waals surface area contributed by atoms with Gasteiger partial charge < -0.3 is 4.74 Å². The number of nitrogens with zero attached hydrogens (tertiary/aromatic N) is 1. The number of nitro benzene ring substituents is 1. The number of non-ortho nitro benzene ring substituents is 1. The van der Waals surface area contributed by atoms with Gasteiger partial charge in [0.15, 0.2) is 0 Å². The number of hydrogen-bond acceptors (Lipinski definition) is 5. The first-order chi connectivity index (χ1) is 10.9. The van der Waals surface area contributed by atoms with Gasteiger partial charge in [-0.3, -0.25) is 14.8 Å². The van der Waals surface area contributed by atoms with Crippen LogP contribution in [0.4, 0.5) is 11.4 Å². The molecule has 0 aliphatic rings. The van der Waals surface area contributed by atoms with Crippen molar-refractivity contribution in [2.45, 2.75) is 18.2 Å². The number of ether oxygens (including phenoxy) is 1. The Bertz CT molecular complexity index is 834. The van der Waals surface area contributed by atoms with Crippen LogP contribution in [0.5, 0.6) is 5.75 Å². The standard InChI is InChI=1S/C15H16N2O5S/c1-3-11-7-8-15(22-2)14(9-11)16-23(20,21)13-6-4-5-12(10-13)17(18)19/h4-10,16H,3H2,1-2H3. The van der Waals surface area contributed by atoms with Gasteiger partial charge in [-0.15, -0.1) is 0 Å². The van der Waals surface area contributed by atoms with E-state index >= 15 is 0 Å². The fraction of sp³-hybridized carbons (Fsp3) is 0.200. The van der Waals surface area contributed by atoms with E-state index in [9.17, 15) is 18.5 Å². The van der Waals surface area contributed by atoms with Crippen molar-refractivity contribution in [3.63, 3.8) is 0 Å². The van der Waals surface area contributed by atoms with E-state index in [1.54, 1.807) is 12.1 Å². The Morgan fingerprint density at radius 2 is 1.96 bits per heavy atom. The van der Waals surface area contributed by atoms with E-state index < -0.39 is 14.9 Å². The van der Waals surface area contributed by atoms with Crippen LogP contribution in [-0.2, 0) is 16.4 Å². The van der Waals surface area contributed by atoms with E-state index in [2.05, 4.69) is 4.72 Å². The molecule has 0 saturated heterocycles. The lowest BCUT2D eigenvalue weighted by Crippen LogP contribution is -2.14. The van der Waals surface area contributed by atoms with Crippen LogP contribution >= 0.6 is 0 Å². The summed E-state index contributed by atoms with van der Waals surface area (Å²) < 4.78 is 32.5. The van der Waals surface area contributed by atoms with E-state index in [1.165, 1.54) is 25.3 Å². The Labute approximate surface area is 134 Å². The van der Waals surface area contributed by atoms with E-state index in [-0.39, 0.29) is 10.6 Å². The Hall–Kier alpha value is -2.61. The van der Waals surface area contributed by atoms with E-state index in [0.29, 0.717) is 11.4 Å². The molecule has 1 N–H and O–H groups in total. The Morgan fingerprint density at radius 3 is 2.57 bits per heavy atom. The predicted octanol–water partition coefficient (Wildman–Crippen LogP) is 2.97. The molecule has 0 fully saturated rings. The van der Waals surface area contributed by atoms with Crippen LogP contribution in [0.25, 0.3) is 0 Å². The predicted molar refractivity (Wildman–Crippen MR) is 86.3 cm³/mol. The van der Waals surface area contributed by atoms with Gasteiger partial charge in [0.1, 0.15) is 5.75 Å². The molecule has 2 rings (SSSR count). The van der Waals surface area contributed by atoms with Gasteiger partial charge in [-0.05, 0) is 30.2 Å². The molecule has 0 bridgehead atoms. The molecule has 8 heteroatoms. The van der Waals surface area contributed by atoms with Gasteiger partial charge in [0.25, 0.3) is 15.7 Å². The van der Waals surface area contributed by atoms with Crippen LogP contribution in [0.3, 0.4) is 0 Å². The van der Waals surface area contributed by atoms with Crippen molar-refractivity contribution in [1.82, 2.24) is 0 Å². The van der Waals surface area contributed by atoms with Crippen molar-refractivity contribution in [2.75, 3.05) is 11.8 Å². The first-order valence-electron chi connectivity index (χ1n) is 6.81. The number of methoxy groups -OCH3 is 1. The molecule has 0 heterocycles. The molecule has 122 valence electrons. The molecule has 0 atom stereocenters. The van der Waals surface area contributed by atoms with Crippen molar-refractivity contribution < 1.29 is 18.1 Å². The Morgan fingerprint density at radius 1 is 1.22 bits per heavy atom. The van der Waals surface area contributed by atoms with Crippen molar-refractivity contribution in [3.8, 4) is 5.75 Å². The van der Waals surface area contributed by atoms with Gasteiger partial charge in [0.2, 0.25) is 0 Å². The normalized spacial score (nSPS) is 11.0. The highest BCUT2D eigenvalue weighted by molar-refractivity contribution is 7.92. The number of nitro groups is 1. The first-order valence-corrected chi connectivity index (χ1v) is 8.30. The van der Waals surface area contributed by atoms with E-state index in [1.807, 2.05) is 13.0 Å². The molecular formula is C15H16N2O5S. The molecule has 0 saturated carbocycles. The zero-order chi connectivity index (χ0) is 17.0. The van der Waals surface area contributed by atoms with Crippen molar-refractivity contribution >= 4 is 21.4 Å². The van der Waals surface area contributed by atoms with Crippen LogP contribution < -0.4 is 9.46 Å². The lowest BCUT2D eigenvalue weighted by Gasteiger charge is -2.13. The van der Waals surface area contributed by atoms with Gasteiger partial charge in [-0.25, -0.2) is 8.42 Å². The minimum absolute atomic E-state index is 0.185. The molecule has 0 aromatic heterocycles. The van der Waals surface area contributed by atoms with Gasteiger partial charge in [0, 0.05) is 12.1 Å². The molecule has 0 spiro atoms.